The third kappa shape index (κ3) is 2.62. The molecule has 2 fully saturated rings. The fraction of sp³-hybridized carbons (Fsp3) is 0.526. The maximum Gasteiger partial charge on any atom is 0.256 e. The standard InChI is InChI=1S/C19H24N2O3/c1-24-11-10-20-12-16(15-4-2-3-5-17(15)20)18(22)21-9-8-19(23,13-21)14-6-7-14/h2-5,12,14,23H,6-11,13H2,1H3. The molecule has 1 saturated carbocycles. The summed E-state index contributed by atoms with van der Waals surface area (Å²) < 4.78 is 7.25. The summed E-state index contributed by atoms with van der Waals surface area (Å²) in [6, 6.07) is 7.98. The molecule has 0 radical (unpaired) electrons. The van der Waals surface area contributed by atoms with Crippen molar-refractivity contribution >= 4 is 16.8 Å². The number of carbonyl (C=O) groups excluding carboxylic acids is 1. The van der Waals surface area contributed by atoms with Crippen LogP contribution in [0.2, 0.25) is 0 Å². The molecule has 1 aromatic heterocycles. The van der Waals surface area contributed by atoms with E-state index < -0.39 is 5.60 Å². The van der Waals surface area contributed by atoms with Crippen molar-refractivity contribution in [2.75, 3.05) is 26.8 Å². The van der Waals surface area contributed by atoms with E-state index in [-0.39, 0.29) is 5.91 Å². The molecular formula is C19H24N2O3. The Morgan fingerprint density at radius 1 is 1.38 bits per heavy atom. The first-order valence-corrected chi connectivity index (χ1v) is 8.71. The predicted molar refractivity (Wildman–Crippen MR) is 92.0 cm³/mol. The Balaban J connectivity index is 1.62. The number of likely N-dealkylation sites (tertiary alicyclic amines) is 1. The summed E-state index contributed by atoms with van der Waals surface area (Å²) in [6.07, 6.45) is 4.82. The Morgan fingerprint density at radius 2 is 2.17 bits per heavy atom. The number of aliphatic hydroxyl groups is 1. The van der Waals surface area contributed by atoms with Gasteiger partial charge in [0.25, 0.3) is 5.91 Å². The van der Waals surface area contributed by atoms with Crippen LogP contribution < -0.4 is 0 Å². The van der Waals surface area contributed by atoms with Gasteiger partial charge < -0.3 is 19.3 Å². The Bertz CT molecular complexity index is 765. The molecule has 128 valence electrons. The molecule has 1 amide bonds. The first kappa shape index (κ1) is 15.7. The number of para-hydroxylation sites is 1. The van der Waals surface area contributed by atoms with Gasteiger partial charge in [-0.05, 0) is 31.2 Å². The number of β-amino-alcohol motifs (C(OH)–C–C–N with tert-alkyl or cyclic N) is 1. The maximum absolute atomic E-state index is 13.0. The highest BCUT2D eigenvalue weighted by Gasteiger charge is 2.49. The molecular weight excluding hydrogens is 304 g/mol. The van der Waals surface area contributed by atoms with Crippen LogP contribution >= 0.6 is 0 Å². The van der Waals surface area contributed by atoms with Gasteiger partial charge in [0, 0.05) is 37.3 Å². The lowest BCUT2D eigenvalue weighted by molar-refractivity contribution is 0.0257. The predicted octanol–water partition coefficient (Wildman–Crippen LogP) is 2.27. The van der Waals surface area contributed by atoms with Crippen LogP contribution in [0.1, 0.15) is 29.6 Å². The second-order valence-corrected chi connectivity index (χ2v) is 7.10. The minimum Gasteiger partial charge on any atom is -0.388 e. The van der Waals surface area contributed by atoms with Crippen molar-refractivity contribution in [2.45, 2.75) is 31.4 Å². The SMILES string of the molecule is COCCn1cc(C(=O)N2CCC(O)(C3CC3)C2)c2ccccc21. The van der Waals surface area contributed by atoms with E-state index >= 15 is 0 Å². The number of nitrogens with zero attached hydrogens (tertiary/aromatic N) is 2. The number of ether oxygens (including phenoxy) is 1. The minimum atomic E-state index is -0.663. The van der Waals surface area contributed by atoms with E-state index in [1.807, 2.05) is 35.4 Å². The van der Waals surface area contributed by atoms with Gasteiger partial charge in [-0.1, -0.05) is 18.2 Å². The van der Waals surface area contributed by atoms with Gasteiger partial charge in [-0.2, -0.15) is 0 Å². The van der Waals surface area contributed by atoms with Crippen molar-refractivity contribution in [2.24, 2.45) is 5.92 Å². The van der Waals surface area contributed by atoms with E-state index in [0.29, 0.717) is 32.0 Å². The summed E-state index contributed by atoms with van der Waals surface area (Å²) in [7, 11) is 1.68. The van der Waals surface area contributed by atoms with E-state index in [1.165, 1.54) is 0 Å². The third-order valence-electron chi connectivity index (χ3n) is 5.46. The summed E-state index contributed by atoms with van der Waals surface area (Å²) in [5.41, 5.74) is 1.11. The quantitative estimate of drug-likeness (QED) is 0.916. The van der Waals surface area contributed by atoms with Gasteiger partial charge in [0.1, 0.15) is 0 Å². The van der Waals surface area contributed by atoms with Crippen LogP contribution in [0.5, 0.6) is 0 Å². The highest BCUT2D eigenvalue weighted by molar-refractivity contribution is 6.07. The molecule has 1 unspecified atom stereocenters. The summed E-state index contributed by atoms with van der Waals surface area (Å²) >= 11 is 0. The number of methoxy groups -OCH3 is 1. The fourth-order valence-electron chi connectivity index (χ4n) is 3.91. The second kappa shape index (κ2) is 5.90. The zero-order chi connectivity index (χ0) is 16.7. The van der Waals surface area contributed by atoms with Crippen LogP contribution in [-0.2, 0) is 11.3 Å². The number of hydrogen-bond donors (Lipinski definition) is 1. The molecule has 1 aromatic carbocycles. The average molecular weight is 328 g/mol. The molecule has 1 N–H and O–H groups in total. The van der Waals surface area contributed by atoms with Crippen LogP contribution in [-0.4, -0.2) is 52.9 Å². The molecule has 5 heteroatoms. The Labute approximate surface area is 141 Å². The zero-order valence-electron chi connectivity index (χ0n) is 14.1. The summed E-state index contributed by atoms with van der Waals surface area (Å²) in [4.78, 5) is 14.9. The third-order valence-corrected chi connectivity index (χ3v) is 5.46. The van der Waals surface area contributed by atoms with Crippen molar-refractivity contribution in [3.63, 3.8) is 0 Å². The summed E-state index contributed by atoms with van der Waals surface area (Å²) in [5, 5.41) is 11.7. The van der Waals surface area contributed by atoms with E-state index in [4.69, 9.17) is 4.74 Å². The van der Waals surface area contributed by atoms with E-state index in [2.05, 4.69) is 4.57 Å². The molecule has 0 bridgehead atoms. The van der Waals surface area contributed by atoms with Crippen molar-refractivity contribution < 1.29 is 14.6 Å². The largest absolute Gasteiger partial charge is 0.388 e. The number of carbonyl (C=O) groups is 1. The molecule has 24 heavy (non-hydrogen) atoms. The first-order chi connectivity index (χ1) is 11.6. The lowest BCUT2D eigenvalue weighted by atomic mass is 9.97. The molecule has 1 atom stereocenters. The van der Waals surface area contributed by atoms with Gasteiger partial charge in [-0.15, -0.1) is 0 Å². The van der Waals surface area contributed by atoms with Gasteiger partial charge >= 0.3 is 0 Å². The zero-order valence-corrected chi connectivity index (χ0v) is 14.1. The van der Waals surface area contributed by atoms with Crippen LogP contribution in [0.15, 0.2) is 30.5 Å². The van der Waals surface area contributed by atoms with Crippen molar-refractivity contribution in [3.8, 4) is 0 Å². The Morgan fingerprint density at radius 3 is 2.92 bits per heavy atom. The average Bonchev–Trinajstić information content (AvgIpc) is 3.30. The lowest BCUT2D eigenvalue weighted by Crippen LogP contribution is -2.37. The van der Waals surface area contributed by atoms with Gasteiger partial charge in [0.05, 0.1) is 24.3 Å². The molecule has 2 heterocycles. The second-order valence-electron chi connectivity index (χ2n) is 7.10. The molecule has 1 aliphatic heterocycles. The highest BCUT2D eigenvalue weighted by atomic mass is 16.5. The van der Waals surface area contributed by atoms with Crippen LogP contribution in [0.4, 0.5) is 0 Å². The molecule has 4 rings (SSSR count). The van der Waals surface area contributed by atoms with Crippen molar-refractivity contribution in [1.82, 2.24) is 9.47 Å². The van der Waals surface area contributed by atoms with Gasteiger partial charge in [-0.25, -0.2) is 0 Å². The van der Waals surface area contributed by atoms with Gasteiger partial charge in [0.2, 0.25) is 0 Å². The minimum absolute atomic E-state index is 0.0268. The van der Waals surface area contributed by atoms with E-state index in [9.17, 15) is 9.90 Å². The number of hydrogen-bond acceptors (Lipinski definition) is 3. The van der Waals surface area contributed by atoms with Crippen LogP contribution in [0.25, 0.3) is 10.9 Å². The number of fused-ring (bicyclic) bond motifs is 1. The van der Waals surface area contributed by atoms with Crippen LogP contribution in [0.3, 0.4) is 0 Å². The topological polar surface area (TPSA) is 54.7 Å². The van der Waals surface area contributed by atoms with E-state index in [1.54, 1.807) is 7.11 Å². The molecule has 2 aliphatic rings. The summed E-state index contributed by atoms with van der Waals surface area (Å²) in [6.45, 7) is 2.44. The molecule has 0 spiro atoms. The van der Waals surface area contributed by atoms with Gasteiger partial charge in [-0.3, -0.25) is 4.79 Å². The number of benzene rings is 1. The van der Waals surface area contributed by atoms with Crippen molar-refractivity contribution in [3.05, 3.63) is 36.0 Å². The van der Waals surface area contributed by atoms with Gasteiger partial charge in [0.15, 0.2) is 0 Å². The maximum atomic E-state index is 13.0. The molecule has 5 nitrogen and oxygen atoms in total. The number of aromatic nitrogens is 1. The van der Waals surface area contributed by atoms with E-state index in [0.717, 1.165) is 35.9 Å². The normalized spacial score (nSPS) is 24.0. The Kier molecular flexibility index (Phi) is 3.85. The fourth-order valence-corrected chi connectivity index (χ4v) is 3.91. The smallest absolute Gasteiger partial charge is 0.256 e. The summed E-state index contributed by atoms with van der Waals surface area (Å²) in [5.74, 6) is 0.414. The number of amides is 1. The Hall–Kier alpha value is -1.85. The monoisotopic (exact) mass is 328 g/mol. The molecule has 2 aromatic rings. The van der Waals surface area contributed by atoms with Crippen molar-refractivity contribution in [1.29, 1.82) is 0 Å². The first-order valence-electron chi connectivity index (χ1n) is 8.71. The number of rotatable bonds is 5. The molecule has 1 saturated heterocycles. The lowest BCUT2D eigenvalue weighted by Gasteiger charge is -2.23. The highest BCUT2D eigenvalue weighted by Crippen LogP contribution is 2.44. The molecule has 1 aliphatic carbocycles. The van der Waals surface area contributed by atoms with Crippen LogP contribution in [0, 0.1) is 5.92 Å².